The van der Waals surface area contributed by atoms with E-state index in [4.69, 9.17) is 9.47 Å². The van der Waals surface area contributed by atoms with Gasteiger partial charge >= 0.3 is 11.9 Å². The van der Waals surface area contributed by atoms with Crippen LogP contribution in [0.25, 0.3) is 0 Å². The summed E-state index contributed by atoms with van der Waals surface area (Å²) in [5, 5.41) is 2.89. The quantitative estimate of drug-likeness (QED) is 0.462. The fourth-order valence-electron chi connectivity index (χ4n) is 1.86. The molecule has 0 atom stereocenters. The van der Waals surface area contributed by atoms with Crippen molar-refractivity contribution in [2.24, 2.45) is 0 Å². The van der Waals surface area contributed by atoms with Crippen molar-refractivity contribution < 1.29 is 23.9 Å². The van der Waals surface area contributed by atoms with Crippen LogP contribution in [0, 0.1) is 6.92 Å². The summed E-state index contributed by atoms with van der Waals surface area (Å²) >= 11 is 0.983. The summed E-state index contributed by atoms with van der Waals surface area (Å²) in [5.74, 6) is -1.56. The molecule has 1 rings (SSSR count). The highest BCUT2D eigenvalue weighted by Gasteiger charge is 2.27. The van der Waals surface area contributed by atoms with E-state index in [0.717, 1.165) is 16.9 Å². The van der Waals surface area contributed by atoms with Gasteiger partial charge in [-0.2, -0.15) is 0 Å². The molecule has 0 saturated heterocycles. The number of carbonyl (C=O) groups is 3. The Morgan fingerprint density at radius 2 is 1.88 bits per heavy atom. The average Bonchev–Trinajstić information content (AvgIpc) is 2.80. The van der Waals surface area contributed by atoms with Crippen LogP contribution < -0.4 is 5.32 Å². The lowest BCUT2D eigenvalue weighted by Gasteiger charge is -2.05. The highest BCUT2D eigenvalue weighted by molar-refractivity contribution is 7.18. The van der Waals surface area contributed by atoms with E-state index in [1.165, 1.54) is 12.2 Å². The maximum Gasteiger partial charge on any atom is 0.348 e. The van der Waals surface area contributed by atoms with Gasteiger partial charge in [-0.1, -0.05) is 18.2 Å². The van der Waals surface area contributed by atoms with Crippen molar-refractivity contribution in [3.05, 3.63) is 40.3 Å². The highest BCUT2D eigenvalue weighted by atomic mass is 32.1. The Morgan fingerprint density at radius 1 is 1.21 bits per heavy atom. The molecule has 1 heterocycles. The standard InChI is InChI=1S/C17H21NO5S/c1-6-8-23-17(21)14-11(5)13(16(20)22-7-2)15(24-14)18-12(19)9-10(3)4/h6,9H,1,7-8H2,2-5H3,(H,18,19). The lowest BCUT2D eigenvalue weighted by atomic mass is 10.1. The highest BCUT2D eigenvalue weighted by Crippen LogP contribution is 2.34. The van der Waals surface area contributed by atoms with E-state index in [0.29, 0.717) is 5.56 Å². The molecular formula is C17H21NO5S. The number of hydrogen-bond acceptors (Lipinski definition) is 6. The third-order valence-corrected chi connectivity index (χ3v) is 3.99. The molecule has 0 fully saturated rings. The van der Waals surface area contributed by atoms with Crippen molar-refractivity contribution in [2.75, 3.05) is 18.5 Å². The first kappa shape index (κ1) is 19.6. The molecule has 7 heteroatoms. The summed E-state index contributed by atoms with van der Waals surface area (Å²) < 4.78 is 10.0. The van der Waals surface area contributed by atoms with Crippen molar-refractivity contribution in [1.29, 1.82) is 0 Å². The van der Waals surface area contributed by atoms with Gasteiger partial charge in [0.05, 0.1) is 12.2 Å². The lowest BCUT2D eigenvalue weighted by Crippen LogP contribution is -2.13. The summed E-state index contributed by atoms with van der Waals surface area (Å²) in [7, 11) is 0. The largest absolute Gasteiger partial charge is 0.462 e. The predicted octanol–water partition coefficient (Wildman–Crippen LogP) is 3.48. The minimum Gasteiger partial charge on any atom is -0.462 e. The van der Waals surface area contributed by atoms with Gasteiger partial charge in [-0.3, -0.25) is 4.79 Å². The first-order valence-electron chi connectivity index (χ1n) is 7.36. The second-order valence-corrected chi connectivity index (χ2v) is 6.10. The molecule has 0 spiro atoms. The van der Waals surface area contributed by atoms with Gasteiger partial charge in [0.15, 0.2) is 0 Å². The van der Waals surface area contributed by atoms with Crippen LogP contribution in [0.2, 0.25) is 0 Å². The molecule has 24 heavy (non-hydrogen) atoms. The first-order valence-corrected chi connectivity index (χ1v) is 8.17. The van der Waals surface area contributed by atoms with Gasteiger partial charge in [-0.15, -0.1) is 11.3 Å². The molecule has 0 saturated carbocycles. The number of rotatable bonds is 7. The van der Waals surface area contributed by atoms with E-state index >= 15 is 0 Å². The number of anilines is 1. The molecule has 0 aliphatic rings. The van der Waals surface area contributed by atoms with Crippen LogP contribution in [0.15, 0.2) is 24.3 Å². The molecule has 0 unspecified atom stereocenters. The number of allylic oxidation sites excluding steroid dienone is 1. The topological polar surface area (TPSA) is 81.7 Å². The Kier molecular flexibility index (Phi) is 7.38. The number of esters is 2. The Bertz CT molecular complexity index is 683. The van der Waals surface area contributed by atoms with E-state index < -0.39 is 11.9 Å². The van der Waals surface area contributed by atoms with Crippen molar-refractivity contribution in [3.8, 4) is 0 Å². The minimum absolute atomic E-state index is 0.0599. The van der Waals surface area contributed by atoms with Crippen LogP contribution in [0.1, 0.15) is 46.4 Å². The fraction of sp³-hybridized carbons (Fsp3) is 0.353. The number of hydrogen-bond donors (Lipinski definition) is 1. The molecule has 130 valence electrons. The van der Waals surface area contributed by atoms with Crippen LogP contribution in [0.4, 0.5) is 5.00 Å². The SMILES string of the molecule is C=CCOC(=O)c1sc(NC(=O)C=C(C)C)c(C(=O)OCC)c1C. The number of ether oxygens (including phenoxy) is 2. The Hall–Kier alpha value is -2.41. The van der Waals surface area contributed by atoms with Gasteiger partial charge in [0.25, 0.3) is 0 Å². The van der Waals surface area contributed by atoms with Crippen molar-refractivity contribution in [2.45, 2.75) is 27.7 Å². The second-order valence-electron chi connectivity index (χ2n) is 5.08. The summed E-state index contributed by atoms with van der Waals surface area (Å²) in [5.41, 5.74) is 1.40. The van der Waals surface area contributed by atoms with Gasteiger partial charge in [-0.05, 0) is 33.3 Å². The molecule has 0 bridgehead atoms. The van der Waals surface area contributed by atoms with Gasteiger partial charge < -0.3 is 14.8 Å². The number of carbonyl (C=O) groups excluding carboxylic acids is 3. The first-order chi connectivity index (χ1) is 11.3. The van der Waals surface area contributed by atoms with E-state index in [2.05, 4.69) is 11.9 Å². The van der Waals surface area contributed by atoms with Gasteiger partial charge in [0.2, 0.25) is 5.91 Å². The van der Waals surface area contributed by atoms with Crippen molar-refractivity contribution in [3.63, 3.8) is 0 Å². The van der Waals surface area contributed by atoms with E-state index in [9.17, 15) is 14.4 Å². The second kappa shape index (κ2) is 9.02. The van der Waals surface area contributed by atoms with E-state index in [1.807, 2.05) is 0 Å². The van der Waals surface area contributed by atoms with E-state index in [1.54, 1.807) is 27.7 Å². The summed E-state index contributed by atoms with van der Waals surface area (Å²) in [6.07, 6.45) is 2.85. The summed E-state index contributed by atoms with van der Waals surface area (Å²) in [4.78, 5) is 36.5. The number of nitrogens with one attached hydrogen (secondary N) is 1. The monoisotopic (exact) mass is 351 g/mol. The lowest BCUT2D eigenvalue weighted by molar-refractivity contribution is -0.111. The van der Waals surface area contributed by atoms with Crippen LogP contribution in [0.3, 0.4) is 0 Å². The summed E-state index contributed by atoms with van der Waals surface area (Å²) in [6, 6.07) is 0. The van der Waals surface area contributed by atoms with Crippen LogP contribution in [-0.2, 0) is 14.3 Å². The number of thiophene rings is 1. The van der Waals surface area contributed by atoms with Gasteiger partial charge in [-0.25, -0.2) is 9.59 Å². The zero-order valence-corrected chi connectivity index (χ0v) is 15.0. The minimum atomic E-state index is -0.596. The Labute approximate surface area is 145 Å². The van der Waals surface area contributed by atoms with Crippen LogP contribution in [-0.4, -0.2) is 31.1 Å². The van der Waals surface area contributed by atoms with Crippen molar-refractivity contribution in [1.82, 2.24) is 0 Å². The Balaban J connectivity index is 3.26. The van der Waals surface area contributed by atoms with Gasteiger partial charge in [0.1, 0.15) is 16.5 Å². The Morgan fingerprint density at radius 3 is 2.42 bits per heavy atom. The zero-order valence-electron chi connectivity index (χ0n) is 14.2. The third-order valence-electron chi connectivity index (χ3n) is 2.80. The molecule has 0 aliphatic carbocycles. The van der Waals surface area contributed by atoms with Crippen LogP contribution in [0.5, 0.6) is 0 Å². The van der Waals surface area contributed by atoms with Crippen molar-refractivity contribution >= 4 is 34.2 Å². The molecule has 6 nitrogen and oxygen atoms in total. The number of amides is 1. The molecule has 1 amide bonds. The van der Waals surface area contributed by atoms with Gasteiger partial charge in [0, 0.05) is 6.08 Å². The normalized spacial score (nSPS) is 9.83. The molecule has 1 aromatic heterocycles. The summed E-state index contributed by atoms with van der Waals surface area (Å²) in [6.45, 7) is 10.6. The third kappa shape index (κ3) is 5.06. The molecule has 1 N–H and O–H groups in total. The maximum atomic E-state index is 12.2. The fourth-order valence-corrected chi connectivity index (χ4v) is 2.95. The zero-order chi connectivity index (χ0) is 18.3. The molecular weight excluding hydrogens is 330 g/mol. The molecule has 0 radical (unpaired) electrons. The maximum absolute atomic E-state index is 12.2. The smallest absolute Gasteiger partial charge is 0.348 e. The average molecular weight is 351 g/mol. The molecule has 0 aromatic carbocycles. The van der Waals surface area contributed by atoms with Crippen LogP contribution >= 0.6 is 11.3 Å². The molecule has 1 aromatic rings. The predicted molar refractivity (Wildman–Crippen MR) is 93.6 cm³/mol. The molecule has 0 aliphatic heterocycles. The van der Waals surface area contributed by atoms with E-state index in [-0.39, 0.29) is 34.6 Å².